The van der Waals surface area contributed by atoms with E-state index in [1.54, 1.807) is 18.4 Å². The number of carbonyl (C=O) groups excluding carboxylic acids is 1. The maximum absolute atomic E-state index is 12.2. The van der Waals surface area contributed by atoms with Crippen LogP contribution in [0.1, 0.15) is 37.2 Å². The minimum atomic E-state index is -0.860. The van der Waals surface area contributed by atoms with Crippen LogP contribution in [-0.2, 0) is 10.8 Å². The van der Waals surface area contributed by atoms with Crippen molar-refractivity contribution >= 4 is 34.1 Å². The first-order valence-electron chi connectivity index (χ1n) is 6.95. The summed E-state index contributed by atoms with van der Waals surface area (Å²) in [6.07, 6.45) is 3.27. The van der Waals surface area contributed by atoms with Gasteiger partial charge in [0.2, 0.25) is 0 Å². The van der Waals surface area contributed by atoms with Gasteiger partial charge in [0.1, 0.15) is 11.5 Å². The minimum absolute atomic E-state index is 0.0773. The summed E-state index contributed by atoms with van der Waals surface area (Å²) in [6.45, 7) is 4.71. The Kier molecular flexibility index (Phi) is 7.67. The zero-order valence-electron chi connectivity index (χ0n) is 12.6. The van der Waals surface area contributed by atoms with Crippen LogP contribution in [0.3, 0.4) is 0 Å². The van der Waals surface area contributed by atoms with Crippen molar-refractivity contribution in [1.29, 1.82) is 0 Å². The predicted molar refractivity (Wildman–Crippen MR) is 88.5 cm³/mol. The molecule has 5 nitrogen and oxygen atoms in total. The fourth-order valence-electron chi connectivity index (χ4n) is 1.66. The Morgan fingerprint density at radius 3 is 2.81 bits per heavy atom. The number of rotatable bonds is 8. The van der Waals surface area contributed by atoms with Crippen LogP contribution in [0, 0.1) is 0 Å². The SMILES string of the molecule is CCCNc1ccc(Cl)c(C(=O)NC(C)CCS(C)=O)n1. The summed E-state index contributed by atoms with van der Waals surface area (Å²) in [5.41, 5.74) is 0.210. The number of carbonyl (C=O) groups is 1. The number of anilines is 1. The number of amides is 1. The van der Waals surface area contributed by atoms with E-state index in [9.17, 15) is 9.00 Å². The molecule has 0 aliphatic rings. The summed E-state index contributed by atoms with van der Waals surface area (Å²) in [5, 5.41) is 6.27. The van der Waals surface area contributed by atoms with E-state index in [4.69, 9.17) is 11.6 Å². The van der Waals surface area contributed by atoms with Crippen LogP contribution in [0.2, 0.25) is 5.02 Å². The van der Waals surface area contributed by atoms with E-state index in [0.717, 1.165) is 13.0 Å². The maximum atomic E-state index is 12.2. The molecule has 0 radical (unpaired) electrons. The van der Waals surface area contributed by atoms with Gasteiger partial charge in [0.15, 0.2) is 0 Å². The quantitative estimate of drug-likeness (QED) is 0.767. The van der Waals surface area contributed by atoms with E-state index in [1.807, 2.05) is 6.92 Å². The number of hydrogen-bond donors (Lipinski definition) is 2. The number of hydrogen-bond acceptors (Lipinski definition) is 4. The van der Waals surface area contributed by atoms with E-state index in [-0.39, 0.29) is 17.6 Å². The van der Waals surface area contributed by atoms with Gasteiger partial charge in [0.25, 0.3) is 5.91 Å². The Morgan fingerprint density at radius 2 is 2.19 bits per heavy atom. The van der Waals surface area contributed by atoms with Crippen molar-refractivity contribution in [3.8, 4) is 0 Å². The zero-order valence-corrected chi connectivity index (χ0v) is 14.2. The number of halogens is 1. The molecule has 0 saturated carbocycles. The zero-order chi connectivity index (χ0) is 15.8. The first-order chi connectivity index (χ1) is 9.93. The van der Waals surface area contributed by atoms with Gasteiger partial charge in [-0.15, -0.1) is 0 Å². The first kappa shape index (κ1) is 17.9. The summed E-state index contributed by atoms with van der Waals surface area (Å²) < 4.78 is 11.1. The summed E-state index contributed by atoms with van der Waals surface area (Å²) in [6, 6.07) is 3.33. The second kappa shape index (κ2) is 9.00. The van der Waals surface area contributed by atoms with Gasteiger partial charge < -0.3 is 10.6 Å². The summed E-state index contributed by atoms with van der Waals surface area (Å²) >= 11 is 6.04. The topological polar surface area (TPSA) is 71.1 Å². The molecule has 1 aromatic rings. The number of nitrogens with one attached hydrogen (secondary N) is 2. The molecular formula is C14H22ClN3O2S. The van der Waals surface area contributed by atoms with E-state index < -0.39 is 10.8 Å². The lowest BCUT2D eigenvalue weighted by Crippen LogP contribution is -2.34. The Morgan fingerprint density at radius 1 is 1.48 bits per heavy atom. The lowest BCUT2D eigenvalue weighted by atomic mass is 10.2. The van der Waals surface area contributed by atoms with Gasteiger partial charge in [0.05, 0.1) is 5.02 Å². The third kappa shape index (κ3) is 6.44. The Balaban J connectivity index is 2.69. The fourth-order valence-corrected chi connectivity index (χ4v) is 2.54. The second-order valence-electron chi connectivity index (χ2n) is 4.89. The van der Waals surface area contributed by atoms with Crippen LogP contribution < -0.4 is 10.6 Å². The monoisotopic (exact) mass is 331 g/mol. The molecule has 2 atom stereocenters. The summed E-state index contributed by atoms with van der Waals surface area (Å²) in [4.78, 5) is 16.4. The normalized spacial score (nSPS) is 13.5. The molecule has 2 unspecified atom stereocenters. The summed E-state index contributed by atoms with van der Waals surface area (Å²) in [7, 11) is -0.860. The van der Waals surface area contributed by atoms with Crippen LogP contribution in [0.25, 0.3) is 0 Å². The summed E-state index contributed by atoms with van der Waals surface area (Å²) in [5.74, 6) is 0.879. The molecule has 7 heteroatoms. The first-order valence-corrected chi connectivity index (χ1v) is 9.05. The van der Waals surface area contributed by atoms with Crippen molar-refractivity contribution in [2.75, 3.05) is 23.9 Å². The second-order valence-corrected chi connectivity index (χ2v) is 6.86. The van der Waals surface area contributed by atoms with Gasteiger partial charge in [-0.25, -0.2) is 4.98 Å². The van der Waals surface area contributed by atoms with Crippen molar-refractivity contribution in [2.24, 2.45) is 0 Å². The van der Waals surface area contributed by atoms with Crippen LogP contribution in [0.15, 0.2) is 12.1 Å². The molecule has 0 saturated heterocycles. The Labute approximate surface area is 133 Å². The fraction of sp³-hybridized carbons (Fsp3) is 0.571. The average Bonchev–Trinajstić information content (AvgIpc) is 2.44. The highest BCUT2D eigenvalue weighted by molar-refractivity contribution is 7.84. The molecule has 1 rings (SSSR count). The molecule has 0 fully saturated rings. The molecule has 0 spiro atoms. The molecule has 118 valence electrons. The van der Waals surface area contributed by atoms with Crippen LogP contribution in [-0.4, -0.2) is 39.7 Å². The molecule has 2 N–H and O–H groups in total. The molecule has 0 aliphatic carbocycles. The lowest BCUT2D eigenvalue weighted by Gasteiger charge is -2.14. The van der Waals surface area contributed by atoms with Crippen LogP contribution >= 0.6 is 11.6 Å². The van der Waals surface area contributed by atoms with Crippen molar-refractivity contribution in [2.45, 2.75) is 32.7 Å². The highest BCUT2D eigenvalue weighted by Gasteiger charge is 2.15. The van der Waals surface area contributed by atoms with Crippen molar-refractivity contribution < 1.29 is 9.00 Å². The highest BCUT2D eigenvalue weighted by atomic mass is 35.5. The van der Waals surface area contributed by atoms with E-state index in [0.29, 0.717) is 23.0 Å². The van der Waals surface area contributed by atoms with Gasteiger partial charge in [-0.1, -0.05) is 18.5 Å². The molecule has 1 amide bonds. The van der Waals surface area contributed by atoms with Crippen molar-refractivity contribution in [3.05, 3.63) is 22.8 Å². The van der Waals surface area contributed by atoms with Crippen molar-refractivity contribution in [3.63, 3.8) is 0 Å². The Bertz CT molecular complexity index is 511. The molecule has 0 bridgehead atoms. The largest absolute Gasteiger partial charge is 0.370 e. The number of nitrogens with zero attached hydrogens (tertiary/aromatic N) is 1. The van der Waals surface area contributed by atoms with Gasteiger partial charge in [-0.2, -0.15) is 0 Å². The molecule has 1 heterocycles. The number of aromatic nitrogens is 1. The van der Waals surface area contributed by atoms with Gasteiger partial charge >= 0.3 is 0 Å². The smallest absolute Gasteiger partial charge is 0.271 e. The van der Waals surface area contributed by atoms with Gasteiger partial charge in [-0.05, 0) is 31.9 Å². The molecule has 0 aromatic carbocycles. The third-order valence-corrected chi connectivity index (χ3v) is 3.95. The molecule has 1 aromatic heterocycles. The molecule has 0 aliphatic heterocycles. The Hall–Kier alpha value is -1.14. The van der Waals surface area contributed by atoms with Gasteiger partial charge in [0, 0.05) is 35.4 Å². The maximum Gasteiger partial charge on any atom is 0.271 e. The van der Waals surface area contributed by atoms with E-state index >= 15 is 0 Å². The van der Waals surface area contributed by atoms with E-state index in [1.165, 1.54) is 0 Å². The van der Waals surface area contributed by atoms with Gasteiger partial charge in [-0.3, -0.25) is 9.00 Å². The molecular weight excluding hydrogens is 310 g/mol. The number of pyridine rings is 1. The molecule has 21 heavy (non-hydrogen) atoms. The average molecular weight is 332 g/mol. The van der Waals surface area contributed by atoms with Crippen LogP contribution in [0.5, 0.6) is 0 Å². The van der Waals surface area contributed by atoms with Crippen LogP contribution in [0.4, 0.5) is 5.82 Å². The highest BCUT2D eigenvalue weighted by Crippen LogP contribution is 2.17. The lowest BCUT2D eigenvalue weighted by molar-refractivity contribution is 0.0934. The van der Waals surface area contributed by atoms with Crippen molar-refractivity contribution in [1.82, 2.24) is 10.3 Å². The standard InChI is InChI=1S/C14H22ClN3O2S/c1-4-8-16-12-6-5-11(15)13(18-12)14(19)17-10(2)7-9-21(3)20/h5-6,10H,4,7-9H2,1-3H3,(H,16,18)(H,17,19). The predicted octanol–water partition coefficient (Wildman–Crippen LogP) is 2.44. The van der Waals surface area contributed by atoms with E-state index in [2.05, 4.69) is 22.5 Å². The minimum Gasteiger partial charge on any atom is -0.370 e. The third-order valence-electron chi connectivity index (χ3n) is 2.83.